The molecular formula is C8H11N3O3. The first-order chi connectivity index (χ1) is 6.63. The second-order valence-corrected chi connectivity index (χ2v) is 2.72. The molecule has 6 nitrogen and oxygen atoms in total. The quantitative estimate of drug-likeness (QED) is 0.372. The SMILES string of the molecule is Nc1cc(NCCO)cc([N+](=O)[O-])c1. The molecule has 0 unspecified atom stereocenters. The summed E-state index contributed by atoms with van der Waals surface area (Å²) < 4.78 is 0. The van der Waals surface area contributed by atoms with Crippen molar-refractivity contribution >= 4 is 17.1 Å². The molecule has 1 aromatic rings. The molecular weight excluding hydrogens is 186 g/mol. The molecule has 0 aliphatic carbocycles. The number of aliphatic hydroxyl groups is 1. The Morgan fingerprint density at radius 1 is 1.50 bits per heavy atom. The van der Waals surface area contributed by atoms with E-state index >= 15 is 0 Å². The fraction of sp³-hybridized carbons (Fsp3) is 0.250. The van der Waals surface area contributed by atoms with Crippen LogP contribution >= 0.6 is 0 Å². The third kappa shape index (κ3) is 2.60. The molecule has 0 saturated carbocycles. The molecule has 0 saturated heterocycles. The highest BCUT2D eigenvalue weighted by Gasteiger charge is 2.07. The van der Waals surface area contributed by atoms with Gasteiger partial charge in [0.25, 0.3) is 5.69 Å². The molecule has 1 aromatic carbocycles. The molecule has 4 N–H and O–H groups in total. The first-order valence-corrected chi connectivity index (χ1v) is 4.03. The number of nitro groups is 1. The van der Waals surface area contributed by atoms with Crippen LogP contribution in [0.5, 0.6) is 0 Å². The van der Waals surface area contributed by atoms with Gasteiger partial charge in [-0.3, -0.25) is 10.1 Å². The van der Waals surface area contributed by atoms with Crippen LogP contribution < -0.4 is 11.1 Å². The lowest BCUT2D eigenvalue weighted by molar-refractivity contribution is -0.384. The zero-order chi connectivity index (χ0) is 10.6. The third-order valence-corrected chi connectivity index (χ3v) is 1.59. The maximum Gasteiger partial charge on any atom is 0.273 e. The minimum Gasteiger partial charge on any atom is -0.398 e. The van der Waals surface area contributed by atoms with Crippen LogP contribution in [0.25, 0.3) is 0 Å². The van der Waals surface area contributed by atoms with E-state index in [1.54, 1.807) is 6.07 Å². The normalized spacial score (nSPS) is 9.79. The van der Waals surface area contributed by atoms with Gasteiger partial charge in [0, 0.05) is 30.1 Å². The fourth-order valence-corrected chi connectivity index (χ4v) is 1.04. The number of anilines is 2. The molecule has 0 radical (unpaired) electrons. The largest absolute Gasteiger partial charge is 0.398 e. The van der Waals surface area contributed by atoms with Crippen LogP contribution in [-0.2, 0) is 0 Å². The topological polar surface area (TPSA) is 101 Å². The highest BCUT2D eigenvalue weighted by Crippen LogP contribution is 2.21. The van der Waals surface area contributed by atoms with E-state index in [0.717, 1.165) is 0 Å². The van der Waals surface area contributed by atoms with Crippen LogP contribution in [-0.4, -0.2) is 23.2 Å². The van der Waals surface area contributed by atoms with Gasteiger partial charge in [-0.1, -0.05) is 0 Å². The van der Waals surface area contributed by atoms with Crippen molar-refractivity contribution in [3.05, 3.63) is 28.3 Å². The van der Waals surface area contributed by atoms with Crippen molar-refractivity contribution in [2.45, 2.75) is 0 Å². The molecule has 0 spiro atoms. The summed E-state index contributed by atoms with van der Waals surface area (Å²) in [6.07, 6.45) is 0. The Hall–Kier alpha value is -1.82. The summed E-state index contributed by atoms with van der Waals surface area (Å²) in [7, 11) is 0. The molecule has 76 valence electrons. The molecule has 0 atom stereocenters. The van der Waals surface area contributed by atoms with E-state index in [2.05, 4.69) is 5.32 Å². The lowest BCUT2D eigenvalue weighted by atomic mass is 10.2. The minimum atomic E-state index is -0.513. The molecule has 1 rings (SSSR count). The highest BCUT2D eigenvalue weighted by molar-refractivity contribution is 5.61. The Morgan fingerprint density at radius 3 is 2.79 bits per heavy atom. The van der Waals surface area contributed by atoms with Crippen LogP contribution in [0.1, 0.15) is 0 Å². The maximum atomic E-state index is 10.5. The van der Waals surface area contributed by atoms with Gasteiger partial charge in [0.05, 0.1) is 11.5 Å². The molecule has 0 aliphatic heterocycles. The number of aliphatic hydroxyl groups excluding tert-OH is 1. The van der Waals surface area contributed by atoms with Crippen LogP contribution in [0.15, 0.2) is 18.2 Å². The van der Waals surface area contributed by atoms with E-state index in [-0.39, 0.29) is 12.3 Å². The zero-order valence-electron chi connectivity index (χ0n) is 7.43. The van der Waals surface area contributed by atoms with Crippen molar-refractivity contribution in [1.29, 1.82) is 0 Å². The van der Waals surface area contributed by atoms with E-state index in [1.165, 1.54) is 12.1 Å². The Morgan fingerprint density at radius 2 is 2.21 bits per heavy atom. The zero-order valence-corrected chi connectivity index (χ0v) is 7.43. The number of nitrogens with one attached hydrogen (secondary N) is 1. The van der Waals surface area contributed by atoms with Crippen molar-refractivity contribution in [3.8, 4) is 0 Å². The second-order valence-electron chi connectivity index (χ2n) is 2.72. The van der Waals surface area contributed by atoms with Crippen LogP contribution in [0.2, 0.25) is 0 Å². The Balaban J connectivity index is 2.89. The van der Waals surface area contributed by atoms with Gasteiger partial charge in [-0.25, -0.2) is 0 Å². The van der Waals surface area contributed by atoms with Crippen molar-refractivity contribution in [2.75, 3.05) is 24.2 Å². The summed E-state index contributed by atoms with van der Waals surface area (Å²) in [5, 5.41) is 21.8. The van der Waals surface area contributed by atoms with Crippen molar-refractivity contribution in [3.63, 3.8) is 0 Å². The maximum absolute atomic E-state index is 10.5. The standard InChI is InChI=1S/C8H11N3O3/c9-6-3-7(10-1-2-12)5-8(4-6)11(13)14/h3-5,10,12H,1-2,9H2. The van der Waals surface area contributed by atoms with E-state index in [4.69, 9.17) is 10.8 Å². The highest BCUT2D eigenvalue weighted by atomic mass is 16.6. The number of hydrogen-bond donors (Lipinski definition) is 3. The predicted molar refractivity (Wildman–Crippen MR) is 53.1 cm³/mol. The van der Waals surface area contributed by atoms with Gasteiger partial charge in [-0.15, -0.1) is 0 Å². The summed E-state index contributed by atoms with van der Waals surface area (Å²) in [6, 6.07) is 4.22. The third-order valence-electron chi connectivity index (χ3n) is 1.59. The second kappa shape index (κ2) is 4.43. The number of hydrogen-bond acceptors (Lipinski definition) is 5. The van der Waals surface area contributed by atoms with Gasteiger partial charge in [0.1, 0.15) is 0 Å². The molecule has 0 bridgehead atoms. The van der Waals surface area contributed by atoms with E-state index in [0.29, 0.717) is 17.9 Å². The molecule has 0 fully saturated rings. The first kappa shape index (κ1) is 10.3. The number of benzene rings is 1. The van der Waals surface area contributed by atoms with E-state index in [9.17, 15) is 10.1 Å². The minimum absolute atomic E-state index is 0.0391. The monoisotopic (exact) mass is 197 g/mol. The molecule has 0 aliphatic rings. The number of rotatable bonds is 4. The predicted octanol–water partition coefficient (Wildman–Crippen LogP) is 0.581. The molecule has 0 aromatic heterocycles. The molecule has 0 amide bonds. The fourth-order valence-electron chi connectivity index (χ4n) is 1.04. The number of non-ortho nitro benzene ring substituents is 1. The van der Waals surface area contributed by atoms with E-state index < -0.39 is 4.92 Å². The average molecular weight is 197 g/mol. The van der Waals surface area contributed by atoms with Gasteiger partial charge in [-0.2, -0.15) is 0 Å². The first-order valence-electron chi connectivity index (χ1n) is 4.03. The number of nitro benzene ring substituents is 1. The van der Waals surface area contributed by atoms with Crippen molar-refractivity contribution < 1.29 is 10.0 Å². The number of nitrogen functional groups attached to an aromatic ring is 1. The van der Waals surface area contributed by atoms with Crippen LogP contribution in [0.3, 0.4) is 0 Å². The van der Waals surface area contributed by atoms with Gasteiger partial charge < -0.3 is 16.2 Å². The molecule has 0 heterocycles. The van der Waals surface area contributed by atoms with Crippen molar-refractivity contribution in [1.82, 2.24) is 0 Å². The van der Waals surface area contributed by atoms with Crippen LogP contribution in [0, 0.1) is 10.1 Å². The average Bonchev–Trinajstić information content (AvgIpc) is 2.14. The summed E-state index contributed by atoms with van der Waals surface area (Å²) in [4.78, 5) is 9.94. The lowest BCUT2D eigenvalue weighted by Crippen LogP contribution is -2.06. The summed E-state index contributed by atoms with van der Waals surface area (Å²) >= 11 is 0. The van der Waals surface area contributed by atoms with Gasteiger partial charge >= 0.3 is 0 Å². The number of nitrogens with two attached hydrogens (primary N) is 1. The van der Waals surface area contributed by atoms with Gasteiger partial charge in [0.2, 0.25) is 0 Å². The smallest absolute Gasteiger partial charge is 0.273 e. The Labute approximate surface area is 80.5 Å². The summed E-state index contributed by atoms with van der Waals surface area (Å²) in [5.74, 6) is 0. The van der Waals surface area contributed by atoms with Gasteiger partial charge in [-0.05, 0) is 6.07 Å². The Kier molecular flexibility index (Phi) is 3.24. The molecule has 6 heteroatoms. The van der Waals surface area contributed by atoms with Gasteiger partial charge in [0.15, 0.2) is 0 Å². The van der Waals surface area contributed by atoms with E-state index in [1.807, 2.05) is 0 Å². The summed E-state index contributed by atoms with van der Waals surface area (Å²) in [5.41, 5.74) is 6.25. The number of nitrogens with zero attached hydrogens (tertiary/aromatic N) is 1. The summed E-state index contributed by atoms with van der Waals surface area (Å²) in [6.45, 7) is 0.295. The van der Waals surface area contributed by atoms with Crippen LogP contribution in [0.4, 0.5) is 17.1 Å². The van der Waals surface area contributed by atoms with Crippen molar-refractivity contribution in [2.24, 2.45) is 0 Å². The lowest BCUT2D eigenvalue weighted by Gasteiger charge is -2.04. The Bertz CT molecular complexity index is 341. The molecule has 14 heavy (non-hydrogen) atoms.